The first-order chi connectivity index (χ1) is 9.74. The molecule has 0 unspecified atom stereocenters. The predicted octanol–water partition coefficient (Wildman–Crippen LogP) is 0.707. The summed E-state index contributed by atoms with van der Waals surface area (Å²) in [5, 5.41) is 26.0. The van der Waals surface area contributed by atoms with Crippen LogP contribution in [0.15, 0.2) is 22.7 Å². The Hall–Kier alpha value is -2.26. The maximum atomic E-state index is 8.96. The minimum absolute atomic E-state index is 0.132. The van der Waals surface area contributed by atoms with Crippen molar-refractivity contribution >= 4 is 16.5 Å². The number of aliphatic hydroxyl groups is 1. The normalized spacial score (nSPS) is 11.1. The Balaban J connectivity index is 1.67. The maximum Gasteiger partial charge on any atom is 0.203 e. The summed E-state index contributed by atoms with van der Waals surface area (Å²) in [5.74, 6) is 1.08. The van der Waals surface area contributed by atoms with Gasteiger partial charge in [0.2, 0.25) is 5.13 Å². The van der Waals surface area contributed by atoms with Crippen molar-refractivity contribution in [3.05, 3.63) is 29.1 Å². The third-order valence-electron chi connectivity index (χ3n) is 2.65. The average molecular weight is 292 g/mol. The summed E-state index contributed by atoms with van der Waals surface area (Å²) in [5.41, 5.74) is 6.15. The first-order valence-corrected chi connectivity index (χ1v) is 6.74. The standard InChI is InChI=1S/C11H12N6O2S/c12-11-15-14-10(20-11)3-4-17-5-8(13-16-17)9-2-1-7(6-18)19-9/h1-2,5,18H,3-4,6H2,(H2,12,15). The van der Waals surface area contributed by atoms with Crippen LogP contribution in [0.3, 0.4) is 0 Å². The first-order valence-electron chi connectivity index (χ1n) is 5.92. The second-order valence-electron chi connectivity index (χ2n) is 4.07. The van der Waals surface area contributed by atoms with E-state index in [4.69, 9.17) is 15.3 Å². The Labute approximate surface area is 117 Å². The lowest BCUT2D eigenvalue weighted by molar-refractivity contribution is 0.248. The number of hydrogen-bond acceptors (Lipinski definition) is 8. The molecule has 0 bridgehead atoms. The van der Waals surface area contributed by atoms with E-state index in [2.05, 4.69) is 20.5 Å². The number of aliphatic hydroxyl groups excluding tert-OH is 1. The van der Waals surface area contributed by atoms with Crippen molar-refractivity contribution in [2.24, 2.45) is 0 Å². The van der Waals surface area contributed by atoms with Crippen LogP contribution in [0, 0.1) is 0 Å². The molecule has 0 aliphatic heterocycles. The number of aryl methyl sites for hydroxylation is 2. The molecule has 0 radical (unpaired) electrons. The molecule has 0 atom stereocenters. The molecule has 3 rings (SSSR count). The van der Waals surface area contributed by atoms with Gasteiger partial charge < -0.3 is 15.3 Å². The molecule has 3 aromatic rings. The number of furan rings is 1. The zero-order valence-electron chi connectivity index (χ0n) is 10.4. The summed E-state index contributed by atoms with van der Waals surface area (Å²) in [4.78, 5) is 0. The van der Waals surface area contributed by atoms with E-state index in [-0.39, 0.29) is 6.61 Å². The molecule has 9 heteroatoms. The number of aromatic nitrogens is 5. The van der Waals surface area contributed by atoms with E-state index in [1.165, 1.54) is 11.3 Å². The Morgan fingerprint density at radius 2 is 2.20 bits per heavy atom. The summed E-state index contributed by atoms with van der Waals surface area (Å²) < 4.78 is 7.10. The maximum absolute atomic E-state index is 8.96. The van der Waals surface area contributed by atoms with Crippen molar-refractivity contribution in [1.82, 2.24) is 25.2 Å². The van der Waals surface area contributed by atoms with Crippen LogP contribution in [-0.4, -0.2) is 30.3 Å². The molecule has 0 fully saturated rings. The highest BCUT2D eigenvalue weighted by molar-refractivity contribution is 7.15. The van der Waals surface area contributed by atoms with Crippen molar-refractivity contribution in [1.29, 1.82) is 0 Å². The van der Waals surface area contributed by atoms with Crippen LogP contribution in [0.25, 0.3) is 11.5 Å². The quantitative estimate of drug-likeness (QED) is 0.711. The Morgan fingerprint density at radius 1 is 1.30 bits per heavy atom. The number of nitrogen functional groups attached to an aromatic ring is 1. The van der Waals surface area contributed by atoms with Gasteiger partial charge in [-0.25, -0.2) is 0 Å². The first kappa shape index (κ1) is 12.8. The number of rotatable bonds is 5. The van der Waals surface area contributed by atoms with Gasteiger partial charge in [0.05, 0.1) is 6.20 Å². The van der Waals surface area contributed by atoms with Crippen molar-refractivity contribution in [3.63, 3.8) is 0 Å². The van der Waals surface area contributed by atoms with Gasteiger partial charge in [-0.1, -0.05) is 16.6 Å². The molecule has 0 aromatic carbocycles. The van der Waals surface area contributed by atoms with Crippen LogP contribution in [-0.2, 0) is 19.6 Å². The molecule has 20 heavy (non-hydrogen) atoms. The topological polar surface area (TPSA) is 116 Å². The lowest BCUT2D eigenvalue weighted by Gasteiger charge is -1.95. The van der Waals surface area contributed by atoms with E-state index in [1.54, 1.807) is 23.0 Å². The monoisotopic (exact) mass is 292 g/mol. The Morgan fingerprint density at radius 3 is 2.90 bits per heavy atom. The van der Waals surface area contributed by atoms with Gasteiger partial charge in [-0.3, -0.25) is 4.68 Å². The minimum atomic E-state index is -0.132. The number of hydrogen-bond donors (Lipinski definition) is 2. The van der Waals surface area contributed by atoms with Crippen LogP contribution < -0.4 is 5.73 Å². The molecule has 0 saturated heterocycles. The zero-order chi connectivity index (χ0) is 13.9. The Bertz CT molecular complexity index is 703. The van der Waals surface area contributed by atoms with E-state index in [1.807, 2.05) is 0 Å². The third-order valence-corrected chi connectivity index (χ3v) is 3.46. The van der Waals surface area contributed by atoms with Gasteiger partial charge in [0.25, 0.3) is 0 Å². The largest absolute Gasteiger partial charge is 0.457 e. The third kappa shape index (κ3) is 2.68. The highest BCUT2D eigenvalue weighted by atomic mass is 32.1. The molecule has 0 saturated carbocycles. The summed E-state index contributed by atoms with van der Waals surface area (Å²) in [6, 6.07) is 3.46. The van der Waals surface area contributed by atoms with Crippen molar-refractivity contribution in [2.45, 2.75) is 19.6 Å². The van der Waals surface area contributed by atoms with Crippen LogP contribution in [0.4, 0.5) is 5.13 Å². The fourth-order valence-electron chi connectivity index (χ4n) is 1.70. The van der Waals surface area contributed by atoms with Gasteiger partial charge >= 0.3 is 0 Å². The summed E-state index contributed by atoms with van der Waals surface area (Å²) in [6.07, 6.45) is 2.47. The van der Waals surface area contributed by atoms with E-state index >= 15 is 0 Å². The zero-order valence-corrected chi connectivity index (χ0v) is 11.2. The molecular weight excluding hydrogens is 280 g/mol. The van der Waals surface area contributed by atoms with Gasteiger partial charge in [-0.05, 0) is 12.1 Å². The molecule has 3 N–H and O–H groups in total. The van der Waals surface area contributed by atoms with Gasteiger partial charge in [0.1, 0.15) is 23.1 Å². The fraction of sp³-hybridized carbons (Fsp3) is 0.273. The molecule has 0 spiro atoms. The molecule has 0 aliphatic carbocycles. The minimum Gasteiger partial charge on any atom is -0.457 e. The Kier molecular flexibility index (Phi) is 3.44. The van der Waals surface area contributed by atoms with Gasteiger partial charge in [-0.15, -0.1) is 15.3 Å². The van der Waals surface area contributed by atoms with E-state index < -0.39 is 0 Å². The summed E-state index contributed by atoms with van der Waals surface area (Å²) >= 11 is 1.36. The number of nitrogens with two attached hydrogens (primary N) is 1. The molecule has 8 nitrogen and oxygen atoms in total. The number of anilines is 1. The summed E-state index contributed by atoms with van der Waals surface area (Å²) in [6.45, 7) is 0.502. The molecular formula is C11H12N6O2S. The second kappa shape index (κ2) is 5.39. The van der Waals surface area contributed by atoms with Gasteiger partial charge in [0.15, 0.2) is 5.76 Å². The predicted molar refractivity (Wildman–Crippen MR) is 71.7 cm³/mol. The number of nitrogens with zero attached hydrogens (tertiary/aromatic N) is 5. The highest BCUT2D eigenvalue weighted by Crippen LogP contribution is 2.19. The van der Waals surface area contributed by atoms with E-state index in [9.17, 15) is 0 Å². The molecule has 104 valence electrons. The molecule has 0 amide bonds. The molecule has 0 aliphatic rings. The van der Waals surface area contributed by atoms with Gasteiger partial charge in [0, 0.05) is 13.0 Å². The van der Waals surface area contributed by atoms with Crippen molar-refractivity contribution in [3.8, 4) is 11.5 Å². The lowest BCUT2D eigenvalue weighted by Crippen LogP contribution is -2.01. The fourth-order valence-corrected chi connectivity index (χ4v) is 2.30. The van der Waals surface area contributed by atoms with E-state index in [0.717, 1.165) is 5.01 Å². The lowest BCUT2D eigenvalue weighted by atomic mass is 10.3. The van der Waals surface area contributed by atoms with E-state index in [0.29, 0.717) is 35.3 Å². The van der Waals surface area contributed by atoms with Crippen LogP contribution in [0.5, 0.6) is 0 Å². The average Bonchev–Trinajstić information content (AvgIpc) is 3.16. The van der Waals surface area contributed by atoms with Crippen LogP contribution in [0.2, 0.25) is 0 Å². The highest BCUT2D eigenvalue weighted by Gasteiger charge is 2.09. The smallest absolute Gasteiger partial charge is 0.203 e. The van der Waals surface area contributed by atoms with Crippen LogP contribution >= 0.6 is 11.3 Å². The SMILES string of the molecule is Nc1nnc(CCn2cc(-c3ccc(CO)o3)nn2)s1. The van der Waals surface area contributed by atoms with Crippen LogP contribution in [0.1, 0.15) is 10.8 Å². The second-order valence-corrected chi connectivity index (χ2v) is 5.17. The van der Waals surface area contributed by atoms with Crippen molar-refractivity contribution < 1.29 is 9.52 Å². The molecule has 3 aromatic heterocycles. The molecule has 3 heterocycles. The van der Waals surface area contributed by atoms with Gasteiger partial charge in [-0.2, -0.15) is 0 Å². The summed E-state index contributed by atoms with van der Waals surface area (Å²) in [7, 11) is 0. The van der Waals surface area contributed by atoms with Crippen molar-refractivity contribution in [2.75, 3.05) is 5.73 Å².